The first-order valence-corrected chi connectivity index (χ1v) is 12.3. The molecular formula is C26H36N2O6. The van der Waals surface area contributed by atoms with Gasteiger partial charge in [-0.1, -0.05) is 13.8 Å². The first-order valence-electron chi connectivity index (χ1n) is 12.3. The Hall–Kier alpha value is -2.61. The number of ether oxygens (including phenoxy) is 3. The van der Waals surface area contributed by atoms with Crippen molar-refractivity contribution in [1.29, 1.82) is 0 Å². The molecule has 0 aliphatic carbocycles. The van der Waals surface area contributed by atoms with Crippen LogP contribution in [0.25, 0.3) is 0 Å². The van der Waals surface area contributed by atoms with Crippen molar-refractivity contribution in [1.82, 2.24) is 10.2 Å². The van der Waals surface area contributed by atoms with Crippen LogP contribution in [0.2, 0.25) is 0 Å². The molecule has 0 spiro atoms. The number of nitrogens with zero attached hydrogens (tertiary/aromatic N) is 1. The molecule has 1 N–H and O–H groups in total. The summed E-state index contributed by atoms with van der Waals surface area (Å²) in [7, 11) is 3.32. The summed E-state index contributed by atoms with van der Waals surface area (Å²) in [4.78, 5) is 38.3. The summed E-state index contributed by atoms with van der Waals surface area (Å²) in [6.45, 7) is 6.77. The van der Waals surface area contributed by atoms with Gasteiger partial charge in [0.05, 0.1) is 33.2 Å². The summed E-state index contributed by atoms with van der Waals surface area (Å²) < 4.78 is 16.8. The van der Waals surface area contributed by atoms with Gasteiger partial charge in [-0.05, 0) is 60.3 Å². The Balaban J connectivity index is 1.48. The second kappa shape index (κ2) is 10.3. The molecule has 8 heteroatoms. The van der Waals surface area contributed by atoms with E-state index in [9.17, 15) is 14.4 Å². The summed E-state index contributed by atoms with van der Waals surface area (Å²) in [5.74, 6) is 0.980. The third kappa shape index (κ3) is 5.22. The van der Waals surface area contributed by atoms with Crippen LogP contribution in [0.3, 0.4) is 0 Å². The zero-order valence-electron chi connectivity index (χ0n) is 20.6. The van der Waals surface area contributed by atoms with E-state index in [-0.39, 0.29) is 36.6 Å². The van der Waals surface area contributed by atoms with Crippen LogP contribution in [0.1, 0.15) is 56.7 Å². The molecule has 1 aromatic carbocycles. The lowest BCUT2D eigenvalue weighted by Gasteiger charge is -2.47. The Morgan fingerprint density at radius 2 is 1.88 bits per heavy atom. The Morgan fingerprint density at radius 1 is 1.15 bits per heavy atom. The zero-order valence-corrected chi connectivity index (χ0v) is 20.6. The molecule has 4 rings (SSSR count). The van der Waals surface area contributed by atoms with Gasteiger partial charge in [0.1, 0.15) is 0 Å². The number of hydrogen-bond donors (Lipinski definition) is 1. The molecule has 2 fully saturated rings. The fourth-order valence-electron chi connectivity index (χ4n) is 5.81. The van der Waals surface area contributed by atoms with E-state index < -0.39 is 11.9 Å². The van der Waals surface area contributed by atoms with Crippen molar-refractivity contribution in [3.05, 3.63) is 23.3 Å². The van der Waals surface area contributed by atoms with Gasteiger partial charge >= 0.3 is 5.97 Å². The zero-order chi connectivity index (χ0) is 24.4. The van der Waals surface area contributed by atoms with Crippen molar-refractivity contribution in [3.8, 4) is 11.5 Å². The fraction of sp³-hybridized carbons (Fsp3) is 0.654. The van der Waals surface area contributed by atoms with Gasteiger partial charge in [-0.25, -0.2) is 0 Å². The van der Waals surface area contributed by atoms with Crippen LogP contribution in [0.4, 0.5) is 0 Å². The van der Waals surface area contributed by atoms with E-state index >= 15 is 0 Å². The number of hydrogen-bond acceptors (Lipinski definition) is 7. The Morgan fingerprint density at radius 3 is 2.53 bits per heavy atom. The number of esters is 1. The molecule has 0 aromatic heterocycles. The number of methoxy groups -OCH3 is 2. The number of benzene rings is 1. The highest BCUT2D eigenvalue weighted by atomic mass is 16.5. The summed E-state index contributed by atoms with van der Waals surface area (Å²) in [6.07, 6.45) is 2.96. The number of carbonyl (C=O) groups excluding carboxylic acids is 3. The van der Waals surface area contributed by atoms with Gasteiger partial charge in [0.15, 0.2) is 11.5 Å². The number of nitrogens with one attached hydrogen (secondary N) is 1. The van der Waals surface area contributed by atoms with Crippen molar-refractivity contribution in [2.24, 2.45) is 23.7 Å². The first kappa shape index (κ1) is 24.5. The van der Waals surface area contributed by atoms with Gasteiger partial charge in [-0.2, -0.15) is 0 Å². The first-order chi connectivity index (χ1) is 16.3. The predicted octanol–water partition coefficient (Wildman–Crippen LogP) is 2.88. The molecule has 34 heavy (non-hydrogen) atoms. The van der Waals surface area contributed by atoms with Crippen LogP contribution in [0.15, 0.2) is 12.1 Å². The normalized spacial score (nSPS) is 26.6. The number of imide groups is 1. The summed E-state index contributed by atoms with van der Waals surface area (Å²) in [5.41, 5.74) is 2.55. The number of fused-ring (bicyclic) bond motifs is 3. The highest BCUT2D eigenvalue weighted by Crippen LogP contribution is 2.45. The predicted molar refractivity (Wildman–Crippen MR) is 125 cm³/mol. The lowest BCUT2D eigenvalue weighted by atomic mass is 9.74. The van der Waals surface area contributed by atoms with E-state index in [0.29, 0.717) is 18.4 Å². The Bertz CT molecular complexity index is 945. The van der Waals surface area contributed by atoms with Crippen LogP contribution in [0.5, 0.6) is 11.5 Å². The molecule has 186 valence electrons. The monoisotopic (exact) mass is 472 g/mol. The number of carbonyl (C=O) groups is 3. The second-order valence-electron chi connectivity index (χ2n) is 10.3. The van der Waals surface area contributed by atoms with E-state index in [2.05, 4.69) is 36.2 Å². The second-order valence-corrected chi connectivity index (χ2v) is 10.3. The molecule has 1 aromatic rings. The van der Waals surface area contributed by atoms with Gasteiger partial charge in [0, 0.05) is 25.6 Å². The molecule has 3 heterocycles. The Labute approximate surface area is 201 Å². The smallest absolute Gasteiger partial charge is 0.306 e. The van der Waals surface area contributed by atoms with Crippen molar-refractivity contribution in [3.63, 3.8) is 0 Å². The third-order valence-electron chi connectivity index (χ3n) is 7.49. The topological polar surface area (TPSA) is 94.2 Å². The molecular weight excluding hydrogens is 436 g/mol. The molecule has 3 aliphatic rings. The largest absolute Gasteiger partial charge is 0.493 e. The van der Waals surface area contributed by atoms with Gasteiger partial charge in [0.2, 0.25) is 11.8 Å². The lowest BCUT2D eigenvalue weighted by molar-refractivity contribution is -0.149. The number of rotatable bonds is 8. The maximum atomic E-state index is 12.5. The molecule has 0 bridgehead atoms. The lowest BCUT2D eigenvalue weighted by Crippen LogP contribution is -2.47. The van der Waals surface area contributed by atoms with Gasteiger partial charge in [-0.15, -0.1) is 0 Å². The Kier molecular flexibility index (Phi) is 7.45. The van der Waals surface area contributed by atoms with E-state index in [1.165, 1.54) is 11.1 Å². The maximum Gasteiger partial charge on any atom is 0.306 e. The molecule has 4 atom stereocenters. The van der Waals surface area contributed by atoms with E-state index in [1.54, 1.807) is 14.2 Å². The summed E-state index contributed by atoms with van der Waals surface area (Å²) in [5, 5.41) is 2.25. The molecule has 2 saturated heterocycles. The summed E-state index contributed by atoms with van der Waals surface area (Å²) in [6, 6.07) is 4.44. The molecule has 0 radical (unpaired) electrons. The molecule has 3 aliphatic heterocycles. The van der Waals surface area contributed by atoms with Crippen molar-refractivity contribution in [2.75, 3.05) is 33.9 Å². The van der Waals surface area contributed by atoms with Crippen LogP contribution < -0.4 is 14.8 Å². The summed E-state index contributed by atoms with van der Waals surface area (Å²) >= 11 is 0. The van der Waals surface area contributed by atoms with Crippen LogP contribution in [-0.2, 0) is 25.5 Å². The number of piperidine rings is 1. The molecule has 0 saturated carbocycles. The van der Waals surface area contributed by atoms with Crippen LogP contribution in [-0.4, -0.2) is 56.6 Å². The minimum atomic E-state index is -0.610. The minimum absolute atomic E-state index is 0.0471. The molecule has 8 nitrogen and oxygen atoms in total. The molecule has 2 amide bonds. The quantitative estimate of drug-likeness (QED) is 0.459. The average Bonchev–Trinajstić information content (AvgIpc) is 3.12. The standard InChI is InChI=1S/C26H36N2O6/c1-15(2)7-18-13-28-6-5-16-9-22(32-3)23(33-4)12-20(16)21(28)8-19(18)14-34-25(30)11-17-10-24(29)27-26(17)31/h9,12,15,17-19,21H,5-8,10-11,13-14H2,1-4H3,(H,27,29,31)/t17?,18-,19+,21-/m1/s1. The third-order valence-corrected chi connectivity index (χ3v) is 7.49. The van der Waals surface area contributed by atoms with Crippen LogP contribution in [0, 0.1) is 23.7 Å². The maximum absolute atomic E-state index is 12.5. The SMILES string of the molecule is COc1cc2c(cc1OC)[C@H]1C[C@@H](COC(=O)CC3CC(=O)NC3=O)[C@H](CC(C)C)CN1CC2. The highest BCUT2D eigenvalue weighted by Gasteiger charge is 2.40. The van der Waals surface area contributed by atoms with Crippen molar-refractivity contribution < 1.29 is 28.6 Å². The van der Waals surface area contributed by atoms with Crippen molar-refractivity contribution >= 4 is 17.8 Å². The minimum Gasteiger partial charge on any atom is -0.493 e. The molecule has 1 unspecified atom stereocenters. The van der Waals surface area contributed by atoms with E-state index in [0.717, 1.165) is 43.9 Å². The van der Waals surface area contributed by atoms with E-state index in [1.807, 2.05) is 0 Å². The van der Waals surface area contributed by atoms with Crippen molar-refractivity contribution in [2.45, 2.75) is 52.0 Å². The fourth-order valence-corrected chi connectivity index (χ4v) is 5.81. The van der Waals surface area contributed by atoms with Gasteiger partial charge < -0.3 is 14.2 Å². The van der Waals surface area contributed by atoms with Crippen LogP contribution >= 0.6 is 0 Å². The van der Waals surface area contributed by atoms with Gasteiger partial charge in [0.25, 0.3) is 0 Å². The van der Waals surface area contributed by atoms with E-state index in [4.69, 9.17) is 14.2 Å². The van der Waals surface area contributed by atoms with Gasteiger partial charge in [-0.3, -0.25) is 24.6 Å². The number of amides is 2. The highest BCUT2D eigenvalue weighted by molar-refractivity contribution is 6.04. The average molecular weight is 473 g/mol.